The molecule has 4 heteroatoms. The number of hydrogen-bond donors (Lipinski definition) is 1. The number of benzene rings is 1. The maximum atomic E-state index is 12.3. The monoisotopic (exact) mass is 320 g/mol. The second kappa shape index (κ2) is 6.66. The Morgan fingerprint density at radius 2 is 2.16 bits per heavy atom. The zero-order valence-corrected chi connectivity index (χ0v) is 12.5. The van der Waals surface area contributed by atoms with Gasteiger partial charge in [-0.3, -0.25) is 9.78 Å². The van der Waals surface area contributed by atoms with E-state index in [-0.39, 0.29) is 11.9 Å². The lowest BCUT2D eigenvalue weighted by Gasteiger charge is -2.15. The van der Waals surface area contributed by atoms with Crippen molar-refractivity contribution in [3.05, 3.63) is 42.2 Å². The van der Waals surface area contributed by atoms with Crippen molar-refractivity contribution in [1.29, 1.82) is 0 Å². The molecule has 1 N–H and O–H groups in total. The second-order valence-corrected chi connectivity index (χ2v) is 5.23. The van der Waals surface area contributed by atoms with Crippen LogP contribution >= 0.6 is 15.9 Å². The zero-order valence-electron chi connectivity index (χ0n) is 10.9. The molecular formula is C15H17BrN2O. The summed E-state index contributed by atoms with van der Waals surface area (Å²) < 4.78 is 0. The number of aromatic nitrogens is 1. The Hall–Kier alpha value is -1.42. The summed E-state index contributed by atoms with van der Waals surface area (Å²) in [6.45, 7) is 2.07. The Labute approximate surface area is 121 Å². The first-order valence-corrected chi connectivity index (χ1v) is 7.59. The number of amides is 1. The van der Waals surface area contributed by atoms with Crippen molar-refractivity contribution in [3.63, 3.8) is 0 Å². The van der Waals surface area contributed by atoms with Crippen LogP contribution in [0.15, 0.2) is 36.5 Å². The lowest BCUT2D eigenvalue weighted by atomic mass is 10.1. The number of alkyl halides is 1. The van der Waals surface area contributed by atoms with Crippen molar-refractivity contribution in [2.75, 3.05) is 5.33 Å². The van der Waals surface area contributed by atoms with E-state index in [1.807, 2.05) is 30.3 Å². The molecule has 1 heterocycles. The van der Waals surface area contributed by atoms with E-state index in [2.05, 4.69) is 33.2 Å². The van der Waals surface area contributed by atoms with E-state index in [0.29, 0.717) is 5.69 Å². The summed E-state index contributed by atoms with van der Waals surface area (Å²) in [4.78, 5) is 16.5. The highest BCUT2D eigenvalue weighted by molar-refractivity contribution is 9.09. The van der Waals surface area contributed by atoms with Crippen molar-refractivity contribution in [2.45, 2.75) is 25.8 Å². The van der Waals surface area contributed by atoms with E-state index in [4.69, 9.17) is 0 Å². The maximum absolute atomic E-state index is 12.3. The van der Waals surface area contributed by atoms with E-state index < -0.39 is 0 Å². The molecule has 3 nitrogen and oxygen atoms in total. The van der Waals surface area contributed by atoms with Gasteiger partial charge in [0.15, 0.2) is 0 Å². The molecule has 1 amide bonds. The van der Waals surface area contributed by atoms with Crippen LogP contribution in [-0.2, 0) is 0 Å². The van der Waals surface area contributed by atoms with Crippen LogP contribution in [0.25, 0.3) is 10.8 Å². The Balaban J connectivity index is 2.26. The molecule has 0 aliphatic carbocycles. The van der Waals surface area contributed by atoms with Gasteiger partial charge in [0.1, 0.15) is 5.69 Å². The number of hydrogen-bond acceptors (Lipinski definition) is 2. The minimum absolute atomic E-state index is 0.0930. The highest BCUT2D eigenvalue weighted by atomic mass is 79.9. The van der Waals surface area contributed by atoms with Gasteiger partial charge < -0.3 is 5.32 Å². The number of carbonyl (C=O) groups excluding carboxylic acids is 1. The molecule has 19 heavy (non-hydrogen) atoms. The Kier molecular flexibility index (Phi) is 4.91. The van der Waals surface area contributed by atoms with Crippen LogP contribution in [0.2, 0.25) is 0 Å². The smallest absolute Gasteiger partial charge is 0.270 e. The fourth-order valence-corrected chi connectivity index (χ4v) is 2.62. The van der Waals surface area contributed by atoms with E-state index in [1.165, 1.54) is 0 Å². The number of fused-ring (bicyclic) bond motifs is 1. The lowest BCUT2D eigenvalue weighted by Crippen LogP contribution is -2.35. The minimum atomic E-state index is -0.0930. The zero-order chi connectivity index (χ0) is 13.7. The minimum Gasteiger partial charge on any atom is -0.348 e. The SMILES string of the molecule is CCC(CCBr)NC(=O)c1nccc2ccccc12. The standard InChI is InChI=1S/C15H17BrN2O/c1-2-12(7-9-16)18-15(19)14-13-6-4-3-5-11(13)8-10-17-14/h3-6,8,10,12H,2,7,9H2,1H3,(H,18,19). The molecular weight excluding hydrogens is 304 g/mol. The van der Waals surface area contributed by atoms with Crippen molar-refractivity contribution in [2.24, 2.45) is 0 Å². The third-order valence-corrected chi connectivity index (χ3v) is 3.63. The van der Waals surface area contributed by atoms with E-state index >= 15 is 0 Å². The third-order valence-electron chi connectivity index (χ3n) is 3.17. The quantitative estimate of drug-likeness (QED) is 0.856. The molecule has 0 aliphatic heterocycles. The van der Waals surface area contributed by atoms with Crippen LogP contribution in [0.4, 0.5) is 0 Å². The van der Waals surface area contributed by atoms with Gasteiger partial charge in [0, 0.05) is 23.0 Å². The van der Waals surface area contributed by atoms with Gasteiger partial charge in [-0.1, -0.05) is 47.1 Å². The molecule has 1 aromatic carbocycles. The summed E-state index contributed by atoms with van der Waals surface area (Å²) in [6.07, 6.45) is 3.53. The summed E-state index contributed by atoms with van der Waals surface area (Å²) in [7, 11) is 0. The van der Waals surface area contributed by atoms with Gasteiger partial charge in [-0.05, 0) is 24.3 Å². The first-order valence-electron chi connectivity index (χ1n) is 6.46. The Morgan fingerprint density at radius 1 is 1.37 bits per heavy atom. The molecule has 0 radical (unpaired) electrons. The molecule has 1 atom stereocenters. The predicted molar refractivity (Wildman–Crippen MR) is 81.7 cm³/mol. The van der Waals surface area contributed by atoms with Gasteiger partial charge in [-0.2, -0.15) is 0 Å². The van der Waals surface area contributed by atoms with Crippen LogP contribution in [0.1, 0.15) is 30.3 Å². The third kappa shape index (κ3) is 3.32. The Morgan fingerprint density at radius 3 is 2.89 bits per heavy atom. The first kappa shape index (κ1) is 14.0. The average molecular weight is 321 g/mol. The molecule has 1 unspecified atom stereocenters. The number of halogens is 1. The maximum Gasteiger partial charge on any atom is 0.270 e. The predicted octanol–water partition coefficient (Wildman–Crippen LogP) is 3.53. The summed E-state index contributed by atoms with van der Waals surface area (Å²) in [5.74, 6) is -0.0930. The van der Waals surface area contributed by atoms with Crippen molar-refractivity contribution >= 4 is 32.6 Å². The molecule has 1 aromatic heterocycles. The largest absolute Gasteiger partial charge is 0.348 e. The molecule has 0 spiro atoms. The van der Waals surface area contributed by atoms with Gasteiger partial charge in [-0.25, -0.2) is 0 Å². The van der Waals surface area contributed by atoms with Gasteiger partial charge in [0.2, 0.25) is 0 Å². The first-order chi connectivity index (χ1) is 9.26. The second-order valence-electron chi connectivity index (χ2n) is 4.44. The molecule has 0 saturated carbocycles. The van der Waals surface area contributed by atoms with E-state index in [1.54, 1.807) is 6.20 Å². The molecule has 2 aromatic rings. The van der Waals surface area contributed by atoms with Crippen LogP contribution in [0.3, 0.4) is 0 Å². The van der Waals surface area contributed by atoms with Crippen LogP contribution in [0, 0.1) is 0 Å². The number of nitrogens with one attached hydrogen (secondary N) is 1. The van der Waals surface area contributed by atoms with Crippen molar-refractivity contribution in [1.82, 2.24) is 10.3 Å². The molecule has 0 fully saturated rings. The van der Waals surface area contributed by atoms with E-state index in [9.17, 15) is 4.79 Å². The average Bonchev–Trinajstić information content (AvgIpc) is 2.46. The van der Waals surface area contributed by atoms with Gasteiger partial charge >= 0.3 is 0 Å². The van der Waals surface area contributed by atoms with Crippen molar-refractivity contribution in [3.8, 4) is 0 Å². The number of carbonyl (C=O) groups is 1. The van der Waals surface area contributed by atoms with Crippen molar-refractivity contribution < 1.29 is 4.79 Å². The molecule has 2 rings (SSSR count). The highest BCUT2D eigenvalue weighted by Gasteiger charge is 2.15. The highest BCUT2D eigenvalue weighted by Crippen LogP contribution is 2.16. The van der Waals surface area contributed by atoms with E-state index in [0.717, 1.165) is 28.9 Å². The van der Waals surface area contributed by atoms with Crippen LogP contribution < -0.4 is 5.32 Å². The number of pyridine rings is 1. The van der Waals surface area contributed by atoms with Crippen LogP contribution in [-0.4, -0.2) is 22.3 Å². The van der Waals surface area contributed by atoms with Crippen LogP contribution in [0.5, 0.6) is 0 Å². The molecule has 100 valence electrons. The van der Waals surface area contributed by atoms with Gasteiger partial charge in [-0.15, -0.1) is 0 Å². The summed E-state index contributed by atoms with van der Waals surface area (Å²) in [6, 6.07) is 9.92. The summed E-state index contributed by atoms with van der Waals surface area (Å²) >= 11 is 3.41. The number of rotatable bonds is 5. The molecule has 0 bridgehead atoms. The number of nitrogens with zero attached hydrogens (tertiary/aromatic N) is 1. The van der Waals surface area contributed by atoms with Gasteiger partial charge in [0.25, 0.3) is 5.91 Å². The summed E-state index contributed by atoms with van der Waals surface area (Å²) in [5.41, 5.74) is 0.506. The lowest BCUT2D eigenvalue weighted by molar-refractivity contribution is 0.0932. The molecule has 0 aliphatic rings. The molecule has 0 saturated heterocycles. The summed E-state index contributed by atoms with van der Waals surface area (Å²) in [5, 5.41) is 5.87. The fraction of sp³-hybridized carbons (Fsp3) is 0.333. The van der Waals surface area contributed by atoms with Gasteiger partial charge in [0.05, 0.1) is 0 Å². The topological polar surface area (TPSA) is 42.0 Å². The Bertz CT molecular complexity index is 566. The normalized spacial score (nSPS) is 12.3. The fourth-order valence-electron chi connectivity index (χ4n) is 2.06.